The highest BCUT2D eigenvalue weighted by Gasteiger charge is 2.60. The average molecular weight is 294 g/mol. The van der Waals surface area contributed by atoms with E-state index in [2.05, 4.69) is 4.98 Å². The maximum Gasteiger partial charge on any atom is 0.351 e. The third-order valence-electron chi connectivity index (χ3n) is 3.14. The number of anilines is 1. The molecule has 3 atom stereocenters. The van der Waals surface area contributed by atoms with Gasteiger partial charge < -0.3 is 20.7 Å². The fourth-order valence-corrected chi connectivity index (χ4v) is 2.30. The summed E-state index contributed by atoms with van der Waals surface area (Å²) < 4.78 is 20.3. The molecule has 1 aromatic rings. The van der Waals surface area contributed by atoms with Gasteiger partial charge in [0.2, 0.25) is 5.85 Å². The standard InChI is InChI=1S/C10H13ClFN3O4/c11-4-9(5-16)10(12,18)3-7(19-9)15-2-1-6(13)14-8(15)17/h1-2,7,16,18H,3-5H2,(H2,13,14,17)/t7-,9-,10-/m1/s1. The van der Waals surface area contributed by atoms with Crippen molar-refractivity contribution in [3.8, 4) is 0 Å². The number of nitrogen functional groups attached to an aromatic ring is 1. The van der Waals surface area contributed by atoms with Crippen LogP contribution in [0.15, 0.2) is 17.1 Å². The molecule has 0 aliphatic carbocycles. The summed E-state index contributed by atoms with van der Waals surface area (Å²) in [5, 5.41) is 18.9. The Bertz CT molecular complexity index is 532. The molecule has 2 rings (SSSR count). The molecule has 0 bridgehead atoms. The van der Waals surface area contributed by atoms with E-state index < -0.39 is 42.3 Å². The zero-order valence-corrected chi connectivity index (χ0v) is 10.5. The van der Waals surface area contributed by atoms with Gasteiger partial charge in [-0.2, -0.15) is 4.98 Å². The van der Waals surface area contributed by atoms with Crippen LogP contribution < -0.4 is 11.4 Å². The predicted octanol–water partition coefficient (Wildman–Crippen LogP) is -0.628. The van der Waals surface area contributed by atoms with Crippen molar-refractivity contribution in [1.29, 1.82) is 0 Å². The molecular formula is C10H13ClFN3O4. The Hall–Kier alpha value is -1.22. The number of hydrogen-bond acceptors (Lipinski definition) is 6. The number of ether oxygens (including phenoxy) is 1. The lowest BCUT2D eigenvalue weighted by Crippen LogP contribution is -2.52. The van der Waals surface area contributed by atoms with Gasteiger partial charge in [-0.25, -0.2) is 9.18 Å². The van der Waals surface area contributed by atoms with Crippen LogP contribution in [0.4, 0.5) is 10.2 Å². The largest absolute Gasteiger partial charge is 0.393 e. The molecule has 106 valence electrons. The van der Waals surface area contributed by atoms with Crippen molar-refractivity contribution in [2.75, 3.05) is 18.2 Å². The number of nitrogens with two attached hydrogens (primary N) is 1. The Morgan fingerprint density at radius 2 is 2.42 bits per heavy atom. The van der Waals surface area contributed by atoms with Crippen LogP contribution in [0.5, 0.6) is 0 Å². The third kappa shape index (κ3) is 2.20. The molecule has 7 nitrogen and oxygen atoms in total. The topological polar surface area (TPSA) is 111 Å². The first kappa shape index (κ1) is 14.2. The maximum atomic E-state index is 14.1. The van der Waals surface area contributed by atoms with E-state index >= 15 is 0 Å². The highest BCUT2D eigenvalue weighted by Crippen LogP contribution is 2.45. The average Bonchev–Trinajstić information content (AvgIpc) is 2.60. The van der Waals surface area contributed by atoms with E-state index in [9.17, 15) is 19.4 Å². The Morgan fingerprint density at radius 1 is 1.74 bits per heavy atom. The van der Waals surface area contributed by atoms with Gasteiger partial charge in [0.1, 0.15) is 12.0 Å². The molecule has 0 saturated carbocycles. The van der Waals surface area contributed by atoms with E-state index in [0.717, 1.165) is 4.57 Å². The summed E-state index contributed by atoms with van der Waals surface area (Å²) in [6.45, 7) is -0.822. The molecule has 0 aromatic carbocycles. The zero-order chi connectivity index (χ0) is 14.3. The van der Waals surface area contributed by atoms with Crippen molar-refractivity contribution >= 4 is 17.4 Å². The van der Waals surface area contributed by atoms with Gasteiger partial charge in [0, 0.05) is 6.20 Å². The molecule has 0 unspecified atom stereocenters. The number of rotatable bonds is 3. The third-order valence-corrected chi connectivity index (χ3v) is 3.57. The Morgan fingerprint density at radius 3 is 2.89 bits per heavy atom. The predicted molar refractivity (Wildman–Crippen MR) is 64.2 cm³/mol. The molecule has 0 amide bonds. The van der Waals surface area contributed by atoms with Crippen LogP contribution in [-0.4, -0.2) is 43.7 Å². The van der Waals surface area contributed by atoms with Crippen LogP contribution in [0.25, 0.3) is 0 Å². The first-order chi connectivity index (χ1) is 8.85. The summed E-state index contributed by atoms with van der Waals surface area (Å²) in [7, 11) is 0. The smallest absolute Gasteiger partial charge is 0.351 e. The van der Waals surface area contributed by atoms with Crippen LogP contribution in [0.1, 0.15) is 12.6 Å². The molecule has 1 aromatic heterocycles. The van der Waals surface area contributed by atoms with Crippen LogP contribution >= 0.6 is 11.6 Å². The molecule has 1 fully saturated rings. The number of hydrogen-bond donors (Lipinski definition) is 3. The Labute approximate surface area is 112 Å². The van der Waals surface area contributed by atoms with E-state index in [-0.39, 0.29) is 5.82 Å². The molecule has 0 spiro atoms. The fraction of sp³-hybridized carbons (Fsp3) is 0.600. The van der Waals surface area contributed by atoms with Crippen molar-refractivity contribution in [2.24, 2.45) is 0 Å². The van der Waals surface area contributed by atoms with Gasteiger partial charge >= 0.3 is 5.69 Å². The molecular weight excluding hydrogens is 281 g/mol. The first-order valence-electron chi connectivity index (χ1n) is 5.46. The summed E-state index contributed by atoms with van der Waals surface area (Å²) in [6.07, 6.45) is -0.402. The van der Waals surface area contributed by atoms with Gasteiger partial charge in [0.25, 0.3) is 0 Å². The molecule has 9 heteroatoms. The second-order valence-electron chi connectivity index (χ2n) is 4.36. The van der Waals surface area contributed by atoms with Gasteiger partial charge in [-0.3, -0.25) is 4.57 Å². The van der Waals surface area contributed by atoms with E-state index in [1.165, 1.54) is 12.3 Å². The van der Waals surface area contributed by atoms with Gasteiger partial charge in [0.15, 0.2) is 5.60 Å². The fourth-order valence-electron chi connectivity index (χ4n) is 1.94. The highest BCUT2D eigenvalue weighted by molar-refractivity contribution is 6.18. The van der Waals surface area contributed by atoms with Crippen LogP contribution in [0, 0.1) is 0 Å². The maximum absolute atomic E-state index is 14.1. The van der Waals surface area contributed by atoms with Crippen LogP contribution in [-0.2, 0) is 4.74 Å². The number of aromatic nitrogens is 2. The number of alkyl halides is 2. The van der Waals surface area contributed by atoms with Crippen molar-refractivity contribution in [1.82, 2.24) is 9.55 Å². The summed E-state index contributed by atoms with van der Waals surface area (Å²) in [5.41, 5.74) is 2.62. The number of aliphatic hydroxyl groups is 2. The Balaban J connectivity index is 2.37. The normalized spacial score (nSPS) is 34.6. The Kier molecular flexibility index (Phi) is 3.52. The lowest BCUT2D eigenvalue weighted by Gasteiger charge is -2.31. The van der Waals surface area contributed by atoms with Gasteiger partial charge in [-0.1, -0.05) is 0 Å². The van der Waals surface area contributed by atoms with Crippen LogP contribution in [0.2, 0.25) is 0 Å². The summed E-state index contributed by atoms with van der Waals surface area (Å²) in [6, 6.07) is 1.34. The van der Waals surface area contributed by atoms with Crippen LogP contribution in [0.3, 0.4) is 0 Å². The summed E-state index contributed by atoms with van der Waals surface area (Å²) >= 11 is 5.56. The molecule has 1 aliphatic rings. The molecule has 19 heavy (non-hydrogen) atoms. The van der Waals surface area contributed by atoms with Gasteiger partial charge in [0.05, 0.1) is 18.9 Å². The minimum atomic E-state index is -2.85. The van der Waals surface area contributed by atoms with Crippen molar-refractivity contribution in [2.45, 2.75) is 24.1 Å². The van der Waals surface area contributed by atoms with E-state index in [0.29, 0.717) is 0 Å². The summed E-state index contributed by atoms with van der Waals surface area (Å²) in [5.74, 6) is -3.31. The molecule has 1 saturated heterocycles. The minimum Gasteiger partial charge on any atom is -0.393 e. The van der Waals surface area contributed by atoms with Crippen molar-refractivity contribution < 1.29 is 19.3 Å². The lowest BCUT2D eigenvalue weighted by atomic mass is 9.97. The quantitative estimate of drug-likeness (QED) is 0.640. The zero-order valence-electron chi connectivity index (χ0n) is 9.79. The summed E-state index contributed by atoms with van der Waals surface area (Å²) in [4.78, 5) is 15.1. The molecule has 1 aliphatic heterocycles. The van der Waals surface area contributed by atoms with Gasteiger partial charge in [-0.15, -0.1) is 11.6 Å². The monoisotopic (exact) mass is 293 g/mol. The minimum absolute atomic E-state index is 0.0144. The molecule has 2 heterocycles. The van der Waals surface area contributed by atoms with Crippen molar-refractivity contribution in [3.63, 3.8) is 0 Å². The second kappa shape index (κ2) is 4.71. The molecule has 4 N–H and O–H groups in total. The van der Waals surface area contributed by atoms with Crippen molar-refractivity contribution in [3.05, 3.63) is 22.7 Å². The first-order valence-corrected chi connectivity index (χ1v) is 5.99. The lowest BCUT2D eigenvalue weighted by molar-refractivity contribution is -0.206. The number of halogens is 2. The molecule has 0 radical (unpaired) electrons. The number of nitrogens with zero attached hydrogens (tertiary/aromatic N) is 2. The highest BCUT2D eigenvalue weighted by atomic mass is 35.5. The van der Waals surface area contributed by atoms with E-state index in [1.54, 1.807) is 0 Å². The van der Waals surface area contributed by atoms with E-state index in [4.69, 9.17) is 22.1 Å². The van der Waals surface area contributed by atoms with E-state index in [1.807, 2.05) is 0 Å². The SMILES string of the molecule is Nc1ccn([C@H]2C[C@](O)(F)[C@](CO)(CCl)O2)c(=O)n1. The number of aliphatic hydroxyl groups excluding tert-OH is 1. The van der Waals surface area contributed by atoms with Gasteiger partial charge in [-0.05, 0) is 6.07 Å². The second-order valence-corrected chi connectivity index (χ2v) is 4.63.